The highest BCUT2D eigenvalue weighted by molar-refractivity contribution is 9.10. The maximum absolute atomic E-state index is 12.0. The molecule has 24 heavy (non-hydrogen) atoms. The van der Waals surface area contributed by atoms with E-state index in [2.05, 4.69) is 39.2 Å². The summed E-state index contributed by atoms with van der Waals surface area (Å²) in [5, 5.41) is 12.8. The van der Waals surface area contributed by atoms with Crippen molar-refractivity contribution in [3.8, 4) is 0 Å². The summed E-state index contributed by atoms with van der Waals surface area (Å²) in [6.45, 7) is 7.46. The molecule has 5 nitrogen and oxygen atoms in total. The number of alkyl carbamates (subject to hydrolysis) is 1. The predicted molar refractivity (Wildman–Crippen MR) is 101 cm³/mol. The van der Waals surface area contributed by atoms with Crippen molar-refractivity contribution < 1.29 is 14.6 Å². The van der Waals surface area contributed by atoms with E-state index in [4.69, 9.17) is 4.74 Å². The van der Waals surface area contributed by atoms with Gasteiger partial charge in [0.1, 0.15) is 5.60 Å². The van der Waals surface area contributed by atoms with E-state index in [1.54, 1.807) is 0 Å². The van der Waals surface area contributed by atoms with Gasteiger partial charge in [0.25, 0.3) is 0 Å². The van der Waals surface area contributed by atoms with Crippen LogP contribution < -0.4 is 5.32 Å². The Kier molecular flexibility index (Phi) is 5.99. The lowest BCUT2D eigenvalue weighted by atomic mass is 9.93. The number of aliphatic hydroxyl groups is 1. The van der Waals surface area contributed by atoms with E-state index in [0.29, 0.717) is 11.6 Å². The van der Waals surface area contributed by atoms with Crippen molar-refractivity contribution in [2.45, 2.75) is 50.5 Å². The number of aliphatic imine (C=N–C) groups is 1. The standard InChI is InChI=1S/C17H23BrN2O3S/c1-16(2,3)23-15(22)20-14-19-13(10-21)9-17(4,24-14)11-6-5-7-12(18)8-11/h5-8,13,21H,9-10H2,1-4H3,(H,19,20,22)/t13-,17-/m0/s1. The Morgan fingerprint density at radius 2 is 2.25 bits per heavy atom. The first-order valence-electron chi connectivity index (χ1n) is 7.75. The second-order valence-corrected chi connectivity index (χ2v) is 9.35. The molecule has 0 bridgehead atoms. The molecule has 0 radical (unpaired) electrons. The number of amides is 1. The monoisotopic (exact) mass is 414 g/mol. The number of carbonyl (C=O) groups excluding carboxylic acids is 1. The molecule has 1 aliphatic heterocycles. The number of rotatable bonds is 2. The van der Waals surface area contributed by atoms with Gasteiger partial charge in [0.2, 0.25) is 0 Å². The third kappa shape index (κ3) is 5.22. The Balaban J connectivity index is 2.21. The molecule has 0 unspecified atom stereocenters. The van der Waals surface area contributed by atoms with Crippen molar-refractivity contribution in [1.29, 1.82) is 0 Å². The first-order chi connectivity index (χ1) is 11.1. The summed E-state index contributed by atoms with van der Waals surface area (Å²) in [4.78, 5) is 16.4. The van der Waals surface area contributed by atoms with Gasteiger partial charge in [-0.2, -0.15) is 0 Å². The van der Waals surface area contributed by atoms with Crippen molar-refractivity contribution in [1.82, 2.24) is 5.32 Å². The van der Waals surface area contributed by atoms with Crippen LogP contribution in [0, 0.1) is 0 Å². The third-order valence-corrected chi connectivity index (χ3v) is 5.25. The molecular weight excluding hydrogens is 392 g/mol. The quantitative estimate of drug-likeness (QED) is 0.765. The van der Waals surface area contributed by atoms with Crippen molar-refractivity contribution in [3.05, 3.63) is 34.3 Å². The fourth-order valence-corrected chi connectivity index (χ4v) is 4.17. The van der Waals surface area contributed by atoms with Crippen molar-refractivity contribution >= 4 is 39.0 Å². The van der Waals surface area contributed by atoms with Gasteiger partial charge in [0.15, 0.2) is 5.17 Å². The van der Waals surface area contributed by atoms with E-state index >= 15 is 0 Å². The minimum atomic E-state index is -0.575. The molecule has 2 N–H and O–H groups in total. The number of halogens is 1. The second-order valence-electron chi connectivity index (χ2n) is 6.94. The lowest BCUT2D eigenvalue weighted by Gasteiger charge is -2.36. The van der Waals surface area contributed by atoms with E-state index in [1.165, 1.54) is 11.8 Å². The number of amidine groups is 1. The Bertz CT molecular complexity index is 645. The molecule has 7 heteroatoms. The highest BCUT2D eigenvalue weighted by Gasteiger charge is 2.37. The van der Waals surface area contributed by atoms with Crippen LogP contribution in [0.5, 0.6) is 0 Å². The summed E-state index contributed by atoms with van der Waals surface area (Å²) in [6, 6.07) is 7.78. The van der Waals surface area contributed by atoms with Gasteiger partial charge in [0.05, 0.1) is 12.6 Å². The van der Waals surface area contributed by atoms with Gasteiger partial charge in [-0.25, -0.2) is 4.79 Å². The highest BCUT2D eigenvalue weighted by Crippen LogP contribution is 2.44. The lowest BCUT2D eigenvalue weighted by Crippen LogP contribution is -2.41. The highest BCUT2D eigenvalue weighted by atomic mass is 79.9. The zero-order chi connectivity index (χ0) is 18.0. The van der Waals surface area contributed by atoms with Gasteiger partial charge in [0, 0.05) is 9.22 Å². The number of benzene rings is 1. The fraction of sp³-hybridized carbons (Fsp3) is 0.529. The summed E-state index contributed by atoms with van der Waals surface area (Å²) in [7, 11) is 0. The number of carbonyl (C=O) groups is 1. The van der Waals surface area contributed by atoms with Crippen LogP contribution in [0.15, 0.2) is 33.7 Å². The minimum Gasteiger partial charge on any atom is -0.444 e. The smallest absolute Gasteiger partial charge is 0.413 e. The zero-order valence-corrected chi connectivity index (χ0v) is 16.7. The molecule has 0 aliphatic carbocycles. The van der Waals surface area contributed by atoms with Gasteiger partial charge in [-0.15, -0.1) is 0 Å². The summed E-state index contributed by atoms with van der Waals surface area (Å²) < 4.78 is 5.98. The van der Waals surface area contributed by atoms with Crippen LogP contribution in [0.4, 0.5) is 4.79 Å². The molecule has 132 valence electrons. The molecule has 0 saturated heterocycles. The summed E-state index contributed by atoms with van der Waals surface area (Å²) >= 11 is 4.97. The molecular formula is C17H23BrN2O3S. The Morgan fingerprint density at radius 3 is 2.83 bits per heavy atom. The summed E-state index contributed by atoms with van der Waals surface area (Å²) in [5.74, 6) is 0. The molecule has 0 aromatic heterocycles. The SMILES string of the molecule is CC(C)(C)OC(=O)NC1=N[C@H](CO)C[C@@](C)(c2cccc(Br)c2)S1. The third-order valence-electron chi connectivity index (χ3n) is 3.50. The molecule has 2 rings (SSSR count). The van der Waals surface area contributed by atoms with Crippen LogP contribution in [-0.2, 0) is 9.48 Å². The Labute approximate surface area is 155 Å². The van der Waals surface area contributed by atoms with Crippen LogP contribution in [0.25, 0.3) is 0 Å². The van der Waals surface area contributed by atoms with Crippen LogP contribution in [-0.4, -0.2) is 34.6 Å². The number of ether oxygens (including phenoxy) is 1. The van der Waals surface area contributed by atoms with Crippen molar-refractivity contribution in [2.24, 2.45) is 4.99 Å². The van der Waals surface area contributed by atoms with Gasteiger partial charge in [-0.05, 0) is 51.8 Å². The molecule has 1 aromatic carbocycles. The van der Waals surface area contributed by atoms with Gasteiger partial charge >= 0.3 is 6.09 Å². The number of nitrogens with one attached hydrogen (secondary N) is 1. The first-order valence-corrected chi connectivity index (χ1v) is 9.36. The maximum Gasteiger partial charge on any atom is 0.413 e. The van der Waals surface area contributed by atoms with Crippen molar-refractivity contribution in [3.63, 3.8) is 0 Å². The number of hydrogen-bond donors (Lipinski definition) is 2. The number of hydrogen-bond acceptors (Lipinski definition) is 5. The van der Waals surface area contributed by atoms with Gasteiger partial charge < -0.3 is 9.84 Å². The predicted octanol–water partition coefficient (Wildman–Crippen LogP) is 4.04. The van der Waals surface area contributed by atoms with Crippen LogP contribution >= 0.6 is 27.7 Å². The van der Waals surface area contributed by atoms with Crippen LogP contribution in [0.3, 0.4) is 0 Å². The topological polar surface area (TPSA) is 70.9 Å². The first kappa shape index (κ1) is 19.3. The van der Waals surface area contributed by atoms with E-state index in [0.717, 1.165) is 10.0 Å². The fourth-order valence-electron chi connectivity index (χ4n) is 2.49. The molecule has 0 fully saturated rings. The molecule has 0 saturated carbocycles. The Morgan fingerprint density at radius 1 is 1.54 bits per heavy atom. The molecule has 0 spiro atoms. The zero-order valence-electron chi connectivity index (χ0n) is 14.3. The minimum absolute atomic E-state index is 0.0658. The van der Waals surface area contributed by atoms with E-state index in [1.807, 2.05) is 39.0 Å². The number of nitrogens with zero attached hydrogens (tertiary/aromatic N) is 1. The van der Waals surface area contributed by atoms with E-state index in [-0.39, 0.29) is 17.4 Å². The second kappa shape index (κ2) is 7.45. The molecule has 1 aromatic rings. The van der Waals surface area contributed by atoms with Gasteiger partial charge in [-0.1, -0.05) is 39.8 Å². The normalized spacial score (nSPS) is 24.2. The molecule has 1 heterocycles. The van der Waals surface area contributed by atoms with E-state index < -0.39 is 11.7 Å². The molecule has 2 atom stereocenters. The summed E-state index contributed by atoms with van der Waals surface area (Å²) in [5.41, 5.74) is 0.534. The van der Waals surface area contributed by atoms with Crippen LogP contribution in [0.2, 0.25) is 0 Å². The molecule has 1 amide bonds. The maximum atomic E-state index is 12.0. The summed E-state index contributed by atoms with van der Waals surface area (Å²) in [6.07, 6.45) is 0.147. The van der Waals surface area contributed by atoms with Gasteiger partial charge in [-0.3, -0.25) is 10.3 Å². The largest absolute Gasteiger partial charge is 0.444 e. The number of aliphatic hydroxyl groups excluding tert-OH is 1. The average molecular weight is 415 g/mol. The number of thioether (sulfide) groups is 1. The Hall–Kier alpha value is -1.05. The van der Waals surface area contributed by atoms with Crippen LogP contribution in [0.1, 0.15) is 39.7 Å². The average Bonchev–Trinajstić information content (AvgIpc) is 2.44. The van der Waals surface area contributed by atoms with Crippen molar-refractivity contribution in [2.75, 3.05) is 6.61 Å². The van der Waals surface area contributed by atoms with E-state index in [9.17, 15) is 9.90 Å². The lowest BCUT2D eigenvalue weighted by molar-refractivity contribution is 0.0564. The molecule has 1 aliphatic rings.